The number of nitrogens with zero attached hydrogens (tertiary/aromatic N) is 1. The number of rotatable bonds is 8. The highest BCUT2D eigenvalue weighted by atomic mass is 16.5. The van der Waals surface area contributed by atoms with Gasteiger partial charge < -0.3 is 14.0 Å². The molecule has 1 saturated heterocycles. The molecular weight excluding hydrogens is 318 g/mol. The van der Waals surface area contributed by atoms with Gasteiger partial charge in [0.15, 0.2) is 11.5 Å². The molecule has 1 aliphatic rings. The first kappa shape index (κ1) is 17.8. The molecule has 2 heterocycles. The SMILES string of the molecule is Cc1cc(C)cc(COCc2cc(C(=O)CCC3CCOC3)no2)c1. The van der Waals surface area contributed by atoms with Crippen molar-refractivity contribution in [3.8, 4) is 0 Å². The van der Waals surface area contributed by atoms with Gasteiger partial charge in [0.25, 0.3) is 0 Å². The van der Waals surface area contributed by atoms with E-state index in [0.29, 0.717) is 37.0 Å². The van der Waals surface area contributed by atoms with Crippen LogP contribution in [-0.2, 0) is 22.7 Å². The van der Waals surface area contributed by atoms with Crippen LogP contribution < -0.4 is 0 Å². The number of carbonyl (C=O) groups is 1. The van der Waals surface area contributed by atoms with E-state index in [0.717, 1.165) is 31.6 Å². The van der Waals surface area contributed by atoms with Crippen LogP contribution in [0, 0.1) is 19.8 Å². The minimum atomic E-state index is 0.0243. The van der Waals surface area contributed by atoms with Crippen LogP contribution in [0.3, 0.4) is 0 Å². The zero-order valence-electron chi connectivity index (χ0n) is 14.9. The Bertz CT molecular complexity index is 696. The number of ether oxygens (including phenoxy) is 2. The van der Waals surface area contributed by atoms with Crippen molar-refractivity contribution in [2.75, 3.05) is 13.2 Å². The highest BCUT2D eigenvalue weighted by Gasteiger charge is 2.19. The summed E-state index contributed by atoms with van der Waals surface area (Å²) in [5, 5.41) is 3.88. The summed E-state index contributed by atoms with van der Waals surface area (Å²) in [7, 11) is 0. The molecule has 25 heavy (non-hydrogen) atoms. The van der Waals surface area contributed by atoms with Gasteiger partial charge in [0, 0.05) is 25.7 Å². The fourth-order valence-corrected chi connectivity index (χ4v) is 3.21. The van der Waals surface area contributed by atoms with Crippen LogP contribution >= 0.6 is 0 Å². The number of aryl methyl sites for hydroxylation is 2. The second-order valence-corrected chi connectivity index (χ2v) is 6.86. The van der Waals surface area contributed by atoms with Gasteiger partial charge in [-0.1, -0.05) is 34.5 Å². The summed E-state index contributed by atoms with van der Waals surface area (Å²) in [6.45, 7) is 6.54. The maximum atomic E-state index is 12.2. The van der Waals surface area contributed by atoms with E-state index >= 15 is 0 Å². The zero-order valence-corrected chi connectivity index (χ0v) is 14.9. The zero-order chi connectivity index (χ0) is 17.6. The number of carbonyl (C=O) groups excluding carboxylic acids is 1. The van der Waals surface area contributed by atoms with Gasteiger partial charge in [-0.25, -0.2) is 0 Å². The van der Waals surface area contributed by atoms with Gasteiger partial charge in [-0.15, -0.1) is 0 Å². The Morgan fingerprint density at radius 3 is 2.72 bits per heavy atom. The predicted octanol–water partition coefficient (Wildman–Crippen LogP) is 4.01. The van der Waals surface area contributed by atoms with Crippen molar-refractivity contribution < 1.29 is 18.8 Å². The summed E-state index contributed by atoms with van der Waals surface area (Å²) >= 11 is 0. The molecule has 1 aromatic heterocycles. The van der Waals surface area contributed by atoms with Gasteiger partial charge in [-0.3, -0.25) is 4.79 Å². The number of aromatic nitrogens is 1. The van der Waals surface area contributed by atoms with Crippen molar-refractivity contribution in [2.24, 2.45) is 5.92 Å². The summed E-state index contributed by atoms with van der Waals surface area (Å²) in [4.78, 5) is 12.2. The number of benzene rings is 1. The first-order valence-corrected chi connectivity index (χ1v) is 8.81. The van der Waals surface area contributed by atoms with Gasteiger partial charge in [0.05, 0.1) is 6.61 Å². The summed E-state index contributed by atoms with van der Waals surface area (Å²) in [6, 6.07) is 8.04. The van der Waals surface area contributed by atoms with E-state index in [4.69, 9.17) is 14.0 Å². The molecule has 1 atom stereocenters. The van der Waals surface area contributed by atoms with E-state index in [9.17, 15) is 4.79 Å². The Kier molecular flexibility index (Phi) is 6.00. The second-order valence-electron chi connectivity index (χ2n) is 6.86. The Labute approximate surface area is 148 Å². The quantitative estimate of drug-likeness (QED) is 0.678. The predicted molar refractivity (Wildman–Crippen MR) is 93.4 cm³/mol. The first-order valence-electron chi connectivity index (χ1n) is 8.81. The molecule has 0 spiro atoms. The molecule has 134 valence electrons. The molecule has 0 amide bonds. The van der Waals surface area contributed by atoms with Crippen molar-refractivity contribution in [2.45, 2.75) is 46.3 Å². The molecular formula is C20H25NO4. The average Bonchev–Trinajstić information content (AvgIpc) is 3.23. The van der Waals surface area contributed by atoms with Crippen molar-refractivity contribution in [1.82, 2.24) is 5.16 Å². The number of Topliss-reactive ketones (excluding diaryl/α,β-unsaturated/α-hetero) is 1. The monoisotopic (exact) mass is 343 g/mol. The molecule has 1 aliphatic heterocycles. The first-order chi connectivity index (χ1) is 12.1. The van der Waals surface area contributed by atoms with Crippen LogP contribution in [0.5, 0.6) is 0 Å². The molecule has 1 unspecified atom stereocenters. The van der Waals surface area contributed by atoms with Gasteiger partial charge >= 0.3 is 0 Å². The van der Waals surface area contributed by atoms with Crippen molar-refractivity contribution >= 4 is 5.78 Å². The molecule has 2 aromatic rings. The van der Waals surface area contributed by atoms with Gasteiger partial charge in [-0.05, 0) is 38.2 Å². The standard InChI is InChI=1S/C20H25NO4/c1-14-7-15(2)9-17(8-14)12-24-13-18-10-19(21-25-18)20(22)4-3-16-5-6-23-11-16/h7-10,16H,3-6,11-13H2,1-2H3. The van der Waals surface area contributed by atoms with Crippen LogP contribution in [0.15, 0.2) is 28.8 Å². The molecule has 0 N–H and O–H groups in total. The molecule has 0 saturated carbocycles. The highest BCUT2D eigenvalue weighted by molar-refractivity contribution is 5.94. The molecule has 1 fully saturated rings. The van der Waals surface area contributed by atoms with E-state index in [1.165, 1.54) is 11.1 Å². The largest absolute Gasteiger partial charge is 0.381 e. The van der Waals surface area contributed by atoms with Crippen LogP contribution in [0.2, 0.25) is 0 Å². The van der Waals surface area contributed by atoms with Gasteiger partial charge in [-0.2, -0.15) is 0 Å². The molecule has 0 radical (unpaired) electrons. The average molecular weight is 343 g/mol. The van der Waals surface area contributed by atoms with Crippen molar-refractivity contribution in [3.63, 3.8) is 0 Å². The van der Waals surface area contributed by atoms with E-state index in [1.807, 2.05) is 0 Å². The van der Waals surface area contributed by atoms with Crippen LogP contribution in [0.4, 0.5) is 0 Å². The minimum Gasteiger partial charge on any atom is -0.381 e. The van der Waals surface area contributed by atoms with E-state index < -0.39 is 0 Å². The van der Waals surface area contributed by atoms with Crippen LogP contribution in [0.1, 0.15) is 52.2 Å². The summed E-state index contributed by atoms with van der Waals surface area (Å²) in [5.74, 6) is 1.10. The Morgan fingerprint density at radius 2 is 2.00 bits per heavy atom. The summed E-state index contributed by atoms with van der Waals surface area (Å²) in [6.07, 6.45) is 2.39. The lowest BCUT2D eigenvalue weighted by Crippen LogP contribution is -2.05. The Balaban J connectivity index is 1.45. The van der Waals surface area contributed by atoms with Crippen LogP contribution in [-0.4, -0.2) is 24.2 Å². The molecule has 5 heteroatoms. The molecule has 1 aromatic carbocycles. The summed E-state index contributed by atoms with van der Waals surface area (Å²) in [5.41, 5.74) is 3.97. The Hall–Kier alpha value is -1.98. The lowest BCUT2D eigenvalue weighted by Gasteiger charge is -2.05. The third kappa shape index (κ3) is 5.25. The molecule has 5 nitrogen and oxygen atoms in total. The van der Waals surface area contributed by atoms with Crippen LogP contribution in [0.25, 0.3) is 0 Å². The molecule has 3 rings (SSSR count). The highest BCUT2D eigenvalue weighted by Crippen LogP contribution is 2.19. The lowest BCUT2D eigenvalue weighted by molar-refractivity contribution is 0.0878. The number of ketones is 1. The topological polar surface area (TPSA) is 61.6 Å². The van der Waals surface area contributed by atoms with Gasteiger partial charge in [0.1, 0.15) is 12.3 Å². The fourth-order valence-electron chi connectivity index (χ4n) is 3.21. The van der Waals surface area contributed by atoms with E-state index in [1.54, 1.807) is 6.07 Å². The third-order valence-corrected chi connectivity index (χ3v) is 4.44. The normalized spacial score (nSPS) is 17.1. The lowest BCUT2D eigenvalue weighted by atomic mass is 10.00. The minimum absolute atomic E-state index is 0.0243. The van der Waals surface area contributed by atoms with E-state index in [2.05, 4.69) is 37.2 Å². The third-order valence-electron chi connectivity index (χ3n) is 4.44. The maximum Gasteiger partial charge on any atom is 0.184 e. The van der Waals surface area contributed by atoms with Gasteiger partial charge in [0.2, 0.25) is 0 Å². The Morgan fingerprint density at radius 1 is 1.20 bits per heavy atom. The number of hydrogen-bond donors (Lipinski definition) is 0. The fraction of sp³-hybridized carbons (Fsp3) is 0.500. The van der Waals surface area contributed by atoms with Crippen molar-refractivity contribution in [1.29, 1.82) is 0 Å². The molecule has 0 bridgehead atoms. The maximum absolute atomic E-state index is 12.2. The van der Waals surface area contributed by atoms with Crippen molar-refractivity contribution in [3.05, 3.63) is 52.4 Å². The summed E-state index contributed by atoms with van der Waals surface area (Å²) < 4.78 is 16.2. The smallest absolute Gasteiger partial charge is 0.184 e. The molecule has 0 aliphatic carbocycles. The van der Waals surface area contributed by atoms with E-state index in [-0.39, 0.29) is 5.78 Å². The second kappa shape index (κ2) is 8.41. The number of hydrogen-bond acceptors (Lipinski definition) is 5.